The van der Waals surface area contributed by atoms with Gasteiger partial charge in [0.15, 0.2) is 5.78 Å². The van der Waals surface area contributed by atoms with Crippen molar-refractivity contribution in [1.29, 1.82) is 0 Å². The SMILES string of the molecule is CC(=O)c1csc(C(=O)N2CCC3(CC2)CC3C(=O)O)c1. The Bertz CT molecular complexity index is 613. The molecule has 1 aliphatic carbocycles. The van der Waals surface area contributed by atoms with Crippen molar-refractivity contribution < 1.29 is 19.5 Å². The zero-order valence-corrected chi connectivity index (χ0v) is 12.6. The van der Waals surface area contributed by atoms with E-state index in [0.717, 1.165) is 19.3 Å². The van der Waals surface area contributed by atoms with Crippen LogP contribution in [0.5, 0.6) is 0 Å². The molecule has 1 atom stereocenters. The lowest BCUT2D eigenvalue weighted by atomic mass is 9.90. The summed E-state index contributed by atoms with van der Waals surface area (Å²) in [5.41, 5.74) is 0.507. The number of carboxylic acid groups (broad SMARTS) is 1. The van der Waals surface area contributed by atoms with E-state index in [1.165, 1.54) is 18.3 Å². The summed E-state index contributed by atoms with van der Waals surface area (Å²) in [6.45, 7) is 2.70. The molecule has 1 amide bonds. The van der Waals surface area contributed by atoms with E-state index >= 15 is 0 Å². The normalized spacial score (nSPS) is 23.1. The van der Waals surface area contributed by atoms with Crippen molar-refractivity contribution in [2.75, 3.05) is 13.1 Å². The molecule has 3 rings (SSSR count). The molecule has 2 aliphatic rings. The van der Waals surface area contributed by atoms with Crippen LogP contribution in [-0.2, 0) is 4.79 Å². The number of carbonyl (C=O) groups is 3. The van der Waals surface area contributed by atoms with Gasteiger partial charge in [0.25, 0.3) is 5.91 Å². The van der Waals surface area contributed by atoms with Gasteiger partial charge < -0.3 is 10.0 Å². The van der Waals surface area contributed by atoms with Crippen LogP contribution in [0.1, 0.15) is 46.2 Å². The van der Waals surface area contributed by atoms with Crippen LogP contribution >= 0.6 is 11.3 Å². The van der Waals surface area contributed by atoms with Gasteiger partial charge in [0, 0.05) is 24.0 Å². The molecule has 1 aliphatic heterocycles. The van der Waals surface area contributed by atoms with Crippen molar-refractivity contribution in [3.8, 4) is 0 Å². The molecule has 2 fully saturated rings. The minimum atomic E-state index is -0.709. The van der Waals surface area contributed by atoms with Crippen molar-refractivity contribution in [3.63, 3.8) is 0 Å². The number of rotatable bonds is 3. The van der Waals surface area contributed by atoms with Crippen LogP contribution in [0.2, 0.25) is 0 Å². The lowest BCUT2D eigenvalue weighted by Crippen LogP contribution is -2.39. The second-order valence-electron chi connectivity index (χ2n) is 6.01. The third-order valence-corrected chi connectivity index (χ3v) is 5.67. The van der Waals surface area contributed by atoms with Gasteiger partial charge >= 0.3 is 5.97 Å². The molecule has 2 heterocycles. The van der Waals surface area contributed by atoms with Gasteiger partial charge in [-0.1, -0.05) is 0 Å². The first-order chi connectivity index (χ1) is 9.93. The van der Waals surface area contributed by atoms with Crippen LogP contribution in [0.25, 0.3) is 0 Å². The first-order valence-electron chi connectivity index (χ1n) is 7.04. The minimum absolute atomic E-state index is 0.0369. The third-order valence-electron chi connectivity index (χ3n) is 4.75. The number of ketones is 1. The molecule has 1 unspecified atom stereocenters. The van der Waals surface area contributed by atoms with Gasteiger partial charge in [-0.2, -0.15) is 0 Å². The van der Waals surface area contributed by atoms with Gasteiger partial charge in [-0.05, 0) is 37.7 Å². The van der Waals surface area contributed by atoms with E-state index in [-0.39, 0.29) is 23.0 Å². The number of aliphatic carboxylic acids is 1. The predicted molar refractivity (Wildman–Crippen MR) is 77.6 cm³/mol. The molecule has 1 saturated heterocycles. The van der Waals surface area contributed by atoms with E-state index < -0.39 is 5.97 Å². The second kappa shape index (κ2) is 4.94. The van der Waals surface area contributed by atoms with Gasteiger partial charge in [-0.3, -0.25) is 14.4 Å². The number of piperidine rings is 1. The highest BCUT2D eigenvalue weighted by atomic mass is 32.1. The van der Waals surface area contributed by atoms with Gasteiger partial charge in [0.2, 0.25) is 0 Å². The highest BCUT2D eigenvalue weighted by molar-refractivity contribution is 7.12. The molecular weight excluding hydrogens is 290 g/mol. The van der Waals surface area contributed by atoms with Crippen LogP contribution in [0, 0.1) is 11.3 Å². The monoisotopic (exact) mass is 307 g/mol. The highest BCUT2D eigenvalue weighted by Gasteiger charge is 2.59. The predicted octanol–water partition coefficient (Wildman–Crippen LogP) is 2.28. The van der Waals surface area contributed by atoms with Crippen molar-refractivity contribution in [2.24, 2.45) is 11.3 Å². The fourth-order valence-corrected chi connectivity index (χ4v) is 4.11. The van der Waals surface area contributed by atoms with Crippen LogP contribution < -0.4 is 0 Å². The van der Waals surface area contributed by atoms with Gasteiger partial charge in [-0.15, -0.1) is 11.3 Å². The third kappa shape index (κ3) is 2.48. The number of carbonyl (C=O) groups excluding carboxylic acids is 2. The zero-order chi connectivity index (χ0) is 15.2. The summed E-state index contributed by atoms with van der Waals surface area (Å²) >= 11 is 1.29. The molecule has 1 saturated carbocycles. The smallest absolute Gasteiger partial charge is 0.307 e. The van der Waals surface area contributed by atoms with E-state index in [1.54, 1.807) is 16.3 Å². The number of hydrogen-bond donors (Lipinski definition) is 1. The molecule has 0 radical (unpaired) electrons. The maximum atomic E-state index is 12.4. The number of carboxylic acids is 1. The van der Waals surface area contributed by atoms with Crippen LogP contribution in [0.15, 0.2) is 11.4 Å². The van der Waals surface area contributed by atoms with Gasteiger partial charge in [-0.25, -0.2) is 0 Å². The molecule has 1 aromatic heterocycles. The fraction of sp³-hybridized carbons (Fsp3) is 0.533. The summed E-state index contributed by atoms with van der Waals surface area (Å²) in [5.74, 6) is -1.01. The Morgan fingerprint density at radius 2 is 2.00 bits per heavy atom. The van der Waals surface area contributed by atoms with E-state index in [2.05, 4.69) is 0 Å². The van der Waals surface area contributed by atoms with Crippen molar-refractivity contribution in [1.82, 2.24) is 4.90 Å². The molecule has 1 spiro atoms. The number of amides is 1. The second-order valence-corrected chi connectivity index (χ2v) is 6.92. The Hall–Kier alpha value is -1.69. The zero-order valence-electron chi connectivity index (χ0n) is 11.8. The first kappa shape index (κ1) is 14.3. The topological polar surface area (TPSA) is 74.7 Å². The van der Waals surface area contributed by atoms with Crippen LogP contribution in [0.4, 0.5) is 0 Å². The lowest BCUT2D eigenvalue weighted by molar-refractivity contribution is -0.139. The van der Waals surface area contributed by atoms with Crippen molar-refractivity contribution in [2.45, 2.75) is 26.2 Å². The molecule has 0 bridgehead atoms. The average molecular weight is 307 g/mol. The summed E-state index contributed by atoms with van der Waals surface area (Å²) in [4.78, 5) is 37.1. The van der Waals surface area contributed by atoms with Gasteiger partial charge in [0.1, 0.15) is 0 Å². The lowest BCUT2D eigenvalue weighted by Gasteiger charge is -2.32. The van der Waals surface area contributed by atoms with E-state index in [0.29, 0.717) is 23.5 Å². The Balaban J connectivity index is 1.63. The molecule has 5 nitrogen and oxygen atoms in total. The van der Waals surface area contributed by atoms with Crippen molar-refractivity contribution >= 4 is 29.0 Å². The largest absolute Gasteiger partial charge is 0.481 e. The summed E-state index contributed by atoms with van der Waals surface area (Å²) in [6, 6.07) is 1.65. The fourth-order valence-electron chi connectivity index (χ4n) is 3.19. The highest BCUT2D eigenvalue weighted by Crippen LogP contribution is 2.59. The van der Waals surface area contributed by atoms with E-state index in [1.807, 2.05) is 0 Å². The quantitative estimate of drug-likeness (QED) is 0.869. The van der Waals surface area contributed by atoms with E-state index in [4.69, 9.17) is 5.11 Å². The average Bonchev–Trinajstić information content (AvgIpc) is 2.94. The standard InChI is InChI=1S/C15H17NO4S/c1-9(17)10-6-12(21-8-10)13(18)16-4-2-15(3-5-16)7-11(15)14(19)20/h6,8,11H,2-5,7H2,1H3,(H,19,20). The molecule has 21 heavy (non-hydrogen) atoms. The van der Waals surface area contributed by atoms with Crippen LogP contribution in [0.3, 0.4) is 0 Å². The first-order valence-corrected chi connectivity index (χ1v) is 7.92. The molecule has 6 heteroatoms. The van der Waals surface area contributed by atoms with Crippen LogP contribution in [-0.4, -0.2) is 40.8 Å². The Morgan fingerprint density at radius 1 is 1.33 bits per heavy atom. The number of Topliss-reactive ketones (excluding diaryl/α,β-unsaturated/α-hetero) is 1. The Kier molecular flexibility index (Phi) is 3.36. The molecule has 112 valence electrons. The Morgan fingerprint density at radius 3 is 2.48 bits per heavy atom. The van der Waals surface area contributed by atoms with Gasteiger partial charge in [0.05, 0.1) is 10.8 Å². The molecule has 0 aromatic carbocycles. The number of nitrogens with zero attached hydrogens (tertiary/aromatic N) is 1. The van der Waals surface area contributed by atoms with Crippen molar-refractivity contribution in [3.05, 3.63) is 21.9 Å². The number of thiophene rings is 1. The maximum absolute atomic E-state index is 12.4. The molecular formula is C15H17NO4S. The number of hydrogen-bond acceptors (Lipinski definition) is 4. The Labute approximate surface area is 126 Å². The summed E-state index contributed by atoms with van der Waals surface area (Å²) in [6.07, 6.45) is 2.28. The molecule has 1 N–H and O–H groups in total. The molecule has 1 aromatic rings. The summed E-state index contributed by atoms with van der Waals surface area (Å²) < 4.78 is 0. The maximum Gasteiger partial charge on any atom is 0.307 e. The number of likely N-dealkylation sites (tertiary alicyclic amines) is 1. The summed E-state index contributed by atoms with van der Waals surface area (Å²) in [5, 5.41) is 10.8. The minimum Gasteiger partial charge on any atom is -0.481 e. The summed E-state index contributed by atoms with van der Waals surface area (Å²) in [7, 11) is 0. The van der Waals surface area contributed by atoms with E-state index in [9.17, 15) is 14.4 Å².